The molecule has 2 unspecified atom stereocenters. The number of hydrogen-bond donors (Lipinski definition) is 0. The van der Waals surface area contributed by atoms with Crippen molar-refractivity contribution in [2.24, 2.45) is 5.92 Å². The second kappa shape index (κ2) is 1.47. The van der Waals surface area contributed by atoms with Gasteiger partial charge in [0.15, 0.2) is 0 Å². The Balaban J connectivity index is 1.89. The van der Waals surface area contributed by atoms with Crippen molar-refractivity contribution in [3.8, 4) is 0 Å². The average molecular weight is 112 g/mol. The summed E-state index contributed by atoms with van der Waals surface area (Å²) in [7, 11) is 0. The molecule has 0 aromatic carbocycles. The van der Waals surface area contributed by atoms with E-state index in [9.17, 15) is 0 Å². The Hall–Kier alpha value is -0.0400. The summed E-state index contributed by atoms with van der Waals surface area (Å²) in [4.78, 5) is 0. The summed E-state index contributed by atoms with van der Waals surface area (Å²) in [6.07, 6.45) is 5.44. The molecule has 0 amide bonds. The Labute approximate surface area is 50.0 Å². The van der Waals surface area contributed by atoms with Gasteiger partial charge in [-0.1, -0.05) is 13.3 Å². The van der Waals surface area contributed by atoms with Crippen molar-refractivity contribution >= 4 is 0 Å². The van der Waals surface area contributed by atoms with Crippen molar-refractivity contribution in [2.45, 2.75) is 38.4 Å². The Morgan fingerprint density at radius 2 is 2.00 bits per heavy atom. The van der Waals surface area contributed by atoms with E-state index in [0.29, 0.717) is 12.2 Å². The van der Waals surface area contributed by atoms with Crippen LogP contribution >= 0.6 is 0 Å². The lowest BCUT2D eigenvalue weighted by Crippen LogP contribution is -1.95. The van der Waals surface area contributed by atoms with Crippen LogP contribution in [0.15, 0.2) is 0 Å². The molecule has 1 heterocycles. The first-order valence-electron chi connectivity index (χ1n) is 3.55. The highest BCUT2D eigenvalue weighted by Gasteiger charge is 2.46. The number of rotatable bonds is 1. The lowest BCUT2D eigenvalue weighted by atomic mass is 10.1. The summed E-state index contributed by atoms with van der Waals surface area (Å²) in [5.41, 5.74) is 0. The summed E-state index contributed by atoms with van der Waals surface area (Å²) in [5.74, 6) is 0.999. The molecule has 0 radical (unpaired) electrons. The lowest BCUT2D eigenvalue weighted by Gasteiger charge is -2.04. The van der Waals surface area contributed by atoms with Crippen LogP contribution in [-0.2, 0) is 4.74 Å². The van der Waals surface area contributed by atoms with E-state index in [4.69, 9.17) is 4.74 Å². The summed E-state index contributed by atoms with van der Waals surface area (Å²) in [5, 5.41) is 0. The van der Waals surface area contributed by atoms with Crippen molar-refractivity contribution in [3.05, 3.63) is 0 Å². The third-order valence-electron chi connectivity index (χ3n) is 2.40. The molecule has 0 spiro atoms. The minimum Gasteiger partial charge on any atom is -0.370 e. The van der Waals surface area contributed by atoms with Crippen molar-refractivity contribution in [1.82, 2.24) is 0 Å². The van der Waals surface area contributed by atoms with E-state index in [2.05, 4.69) is 6.92 Å². The van der Waals surface area contributed by atoms with Gasteiger partial charge in [0.05, 0.1) is 12.2 Å². The first kappa shape index (κ1) is 4.80. The summed E-state index contributed by atoms with van der Waals surface area (Å²) < 4.78 is 5.28. The first-order valence-corrected chi connectivity index (χ1v) is 3.55. The maximum absolute atomic E-state index is 5.28. The van der Waals surface area contributed by atoms with Gasteiger partial charge in [-0.05, 0) is 18.8 Å². The van der Waals surface area contributed by atoms with Gasteiger partial charge in [0, 0.05) is 0 Å². The molecule has 46 valence electrons. The molecule has 0 bridgehead atoms. The molecule has 0 aromatic heterocycles. The maximum Gasteiger partial charge on any atom is 0.0844 e. The highest BCUT2D eigenvalue weighted by Crippen LogP contribution is 2.43. The molecule has 2 aliphatic rings. The fraction of sp³-hybridized carbons (Fsp3) is 1.00. The summed E-state index contributed by atoms with van der Waals surface area (Å²) in [6, 6.07) is 0. The predicted octanol–water partition coefficient (Wildman–Crippen LogP) is 1.57. The van der Waals surface area contributed by atoms with E-state index >= 15 is 0 Å². The van der Waals surface area contributed by atoms with Gasteiger partial charge in [-0.25, -0.2) is 0 Å². The highest BCUT2D eigenvalue weighted by molar-refractivity contribution is 4.94. The van der Waals surface area contributed by atoms with Gasteiger partial charge in [-0.3, -0.25) is 0 Å². The van der Waals surface area contributed by atoms with E-state index < -0.39 is 0 Å². The molecule has 1 aliphatic heterocycles. The van der Waals surface area contributed by atoms with E-state index in [-0.39, 0.29) is 0 Å². The highest BCUT2D eigenvalue weighted by atomic mass is 16.6. The zero-order valence-electron chi connectivity index (χ0n) is 5.26. The van der Waals surface area contributed by atoms with E-state index in [1.807, 2.05) is 0 Å². The molecular formula is C7H12O. The molecule has 2 atom stereocenters. The summed E-state index contributed by atoms with van der Waals surface area (Å²) >= 11 is 0. The molecule has 1 saturated heterocycles. The maximum atomic E-state index is 5.28. The average Bonchev–Trinajstić information content (AvgIpc) is 2.40. The van der Waals surface area contributed by atoms with Gasteiger partial charge in [0.2, 0.25) is 0 Å². The molecule has 1 heteroatoms. The number of hydrogen-bond acceptors (Lipinski definition) is 1. The zero-order valence-corrected chi connectivity index (χ0v) is 5.26. The number of ether oxygens (including phenoxy) is 1. The van der Waals surface area contributed by atoms with Crippen LogP contribution in [0.25, 0.3) is 0 Å². The van der Waals surface area contributed by atoms with Crippen LogP contribution in [0.3, 0.4) is 0 Å². The SMILES string of the molecule is CCC1CC2OC2C1. The van der Waals surface area contributed by atoms with Gasteiger partial charge < -0.3 is 4.74 Å². The quantitative estimate of drug-likeness (QED) is 0.469. The molecule has 2 fully saturated rings. The van der Waals surface area contributed by atoms with Gasteiger partial charge in [0.25, 0.3) is 0 Å². The predicted molar refractivity (Wildman–Crippen MR) is 31.7 cm³/mol. The zero-order chi connectivity index (χ0) is 5.56. The Bertz CT molecular complexity index is 90.6. The topological polar surface area (TPSA) is 12.5 Å². The van der Waals surface area contributed by atoms with Gasteiger partial charge in [-0.15, -0.1) is 0 Å². The normalized spacial score (nSPS) is 51.4. The second-order valence-corrected chi connectivity index (χ2v) is 2.96. The van der Waals surface area contributed by atoms with Crippen molar-refractivity contribution < 1.29 is 4.74 Å². The van der Waals surface area contributed by atoms with Gasteiger partial charge in [-0.2, -0.15) is 0 Å². The van der Waals surface area contributed by atoms with E-state index in [0.717, 1.165) is 5.92 Å². The molecular weight excluding hydrogens is 100 g/mol. The van der Waals surface area contributed by atoms with Gasteiger partial charge >= 0.3 is 0 Å². The molecule has 1 aliphatic carbocycles. The van der Waals surface area contributed by atoms with Crippen LogP contribution in [0.1, 0.15) is 26.2 Å². The van der Waals surface area contributed by atoms with Crippen molar-refractivity contribution in [1.29, 1.82) is 0 Å². The molecule has 1 nitrogen and oxygen atoms in total. The van der Waals surface area contributed by atoms with Crippen LogP contribution < -0.4 is 0 Å². The van der Waals surface area contributed by atoms with Gasteiger partial charge in [0.1, 0.15) is 0 Å². The molecule has 0 aromatic rings. The minimum atomic E-state index is 0.694. The van der Waals surface area contributed by atoms with Crippen LogP contribution in [0.4, 0.5) is 0 Å². The van der Waals surface area contributed by atoms with E-state index in [1.54, 1.807) is 0 Å². The van der Waals surface area contributed by atoms with Crippen LogP contribution in [0, 0.1) is 5.92 Å². The fourth-order valence-corrected chi connectivity index (χ4v) is 1.68. The van der Waals surface area contributed by atoms with Crippen molar-refractivity contribution in [2.75, 3.05) is 0 Å². The third-order valence-corrected chi connectivity index (χ3v) is 2.40. The fourth-order valence-electron chi connectivity index (χ4n) is 1.68. The van der Waals surface area contributed by atoms with Crippen molar-refractivity contribution in [3.63, 3.8) is 0 Å². The Morgan fingerprint density at radius 3 is 2.38 bits per heavy atom. The lowest BCUT2D eigenvalue weighted by molar-refractivity contribution is 0.269. The van der Waals surface area contributed by atoms with Crippen LogP contribution in [0.2, 0.25) is 0 Å². The summed E-state index contributed by atoms with van der Waals surface area (Å²) in [6.45, 7) is 2.27. The second-order valence-electron chi connectivity index (χ2n) is 2.96. The van der Waals surface area contributed by atoms with Crippen LogP contribution in [-0.4, -0.2) is 12.2 Å². The third kappa shape index (κ3) is 0.576. The van der Waals surface area contributed by atoms with E-state index in [1.165, 1.54) is 19.3 Å². The molecule has 8 heavy (non-hydrogen) atoms. The smallest absolute Gasteiger partial charge is 0.0844 e. The number of epoxide rings is 1. The first-order chi connectivity index (χ1) is 3.90. The Morgan fingerprint density at radius 1 is 1.38 bits per heavy atom. The number of fused-ring (bicyclic) bond motifs is 1. The molecule has 0 N–H and O–H groups in total. The Kier molecular flexibility index (Phi) is 0.884. The minimum absolute atomic E-state index is 0.694. The molecule has 1 saturated carbocycles. The van der Waals surface area contributed by atoms with Crippen LogP contribution in [0.5, 0.6) is 0 Å². The standard InChI is InChI=1S/C7H12O/c1-2-5-3-6-7(4-5)8-6/h5-7H,2-4H2,1H3. The monoisotopic (exact) mass is 112 g/mol. The largest absolute Gasteiger partial charge is 0.370 e. The molecule has 2 rings (SSSR count).